The van der Waals surface area contributed by atoms with Crippen molar-refractivity contribution in [1.29, 1.82) is 0 Å². The van der Waals surface area contributed by atoms with Gasteiger partial charge in [-0.25, -0.2) is 0 Å². The van der Waals surface area contributed by atoms with Crippen molar-refractivity contribution in [3.05, 3.63) is 29.8 Å². The van der Waals surface area contributed by atoms with E-state index in [9.17, 15) is 5.11 Å². The van der Waals surface area contributed by atoms with Gasteiger partial charge in [0.1, 0.15) is 18.5 Å². The Hall–Kier alpha value is -1.18. The second kappa shape index (κ2) is 11.9. The van der Waals surface area contributed by atoms with E-state index >= 15 is 0 Å². The van der Waals surface area contributed by atoms with Crippen LogP contribution in [0, 0.1) is 0 Å². The van der Waals surface area contributed by atoms with Crippen LogP contribution in [0.5, 0.6) is 5.75 Å². The largest absolute Gasteiger partial charge is 0.491 e. The smallest absolute Gasteiger partial charge is 0.119 e. The molecule has 2 heterocycles. The molecule has 0 amide bonds. The Morgan fingerprint density at radius 3 is 2.38 bits per heavy atom. The first-order chi connectivity index (χ1) is 14.1. The lowest BCUT2D eigenvalue weighted by molar-refractivity contribution is 0.0505. The fraction of sp³-hybridized carbons (Fsp3) is 0.739. The molecule has 6 heteroatoms. The third-order valence-electron chi connectivity index (χ3n) is 6.15. The van der Waals surface area contributed by atoms with Gasteiger partial charge < -0.3 is 25.0 Å². The van der Waals surface area contributed by atoms with Crippen LogP contribution in [-0.2, 0) is 6.54 Å². The van der Waals surface area contributed by atoms with Crippen molar-refractivity contribution in [3.8, 4) is 5.75 Å². The molecular weight excluding hydrogens is 364 g/mol. The molecule has 1 aromatic carbocycles. The maximum Gasteiger partial charge on any atom is 0.119 e. The minimum Gasteiger partial charge on any atom is -0.491 e. The standard InChI is InChI=1S/C23H40N4O2/c1-3-10-26-11-8-21(9-12-26)24-17-20-4-6-23(7-5-20)29-19-22(28)18-27-15-13-25(2)14-16-27/h4-7,21-22,24,28H,3,8-19H2,1-2H3. The highest BCUT2D eigenvalue weighted by atomic mass is 16.5. The van der Waals surface area contributed by atoms with Crippen LogP contribution in [0.1, 0.15) is 31.7 Å². The zero-order chi connectivity index (χ0) is 20.5. The number of benzene rings is 1. The molecule has 164 valence electrons. The molecule has 6 nitrogen and oxygen atoms in total. The number of piperazine rings is 1. The molecule has 29 heavy (non-hydrogen) atoms. The molecule has 1 atom stereocenters. The van der Waals surface area contributed by atoms with Gasteiger partial charge in [0.25, 0.3) is 0 Å². The molecule has 0 aromatic heterocycles. The zero-order valence-electron chi connectivity index (χ0n) is 18.4. The molecule has 0 aliphatic carbocycles. The average Bonchev–Trinajstić information content (AvgIpc) is 2.74. The minimum absolute atomic E-state index is 0.347. The van der Waals surface area contributed by atoms with Crippen LogP contribution in [0.15, 0.2) is 24.3 Å². The van der Waals surface area contributed by atoms with Gasteiger partial charge in [-0.3, -0.25) is 4.90 Å². The number of likely N-dealkylation sites (tertiary alicyclic amines) is 1. The van der Waals surface area contributed by atoms with E-state index in [4.69, 9.17) is 4.74 Å². The summed E-state index contributed by atoms with van der Waals surface area (Å²) in [5.74, 6) is 0.832. The third-order valence-corrected chi connectivity index (χ3v) is 6.15. The lowest BCUT2D eigenvalue weighted by atomic mass is 10.0. The molecule has 1 unspecified atom stereocenters. The Bertz CT molecular complexity index is 567. The van der Waals surface area contributed by atoms with Gasteiger partial charge in [0.2, 0.25) is 0 Å². The first-order valence-electron chi connectivity index (χ1n) is 11.4. The van der Waals surface area contributed by atoms with Crippen molar-refractivity contribution < 1.29 is 9.84 Å². The molecular formula is C23H40N4O2. The Labute approximate surface area is 176 Å². The number of aliphatic hydroxyl groups excluding tert-OH is 1. The minimum atomic E-state index is -0.446. The van der Waals surface area contributed by atoms with Crippen LogP contribution in [0.3, 0.4) is 0 Å². The van der Waals surface area contributed by atoms with Crippen LogP contribution >= 0.6 is 0 Å². The predicted octanol–water partition coefficient (Wildman–Crippen LogP) is 1.64. The van der Waals surface area contributed by atoms with Crippen LogP contribution in [0.25, 0.3) is 0 Å². The summed E-state index contributed by atoms with van der Waals surface area (Å²) in [7, 11) is 2.15. The zero-order valence-corrected chi connectivity index (χ0v) is 18.4. The summed E-state index contributed by atoms with van der Waals surface area (Å²) in [5.41, 5.74) is 1.28. The maximum absolute atomic E-state index is 10.3. The van der Waals surface area contributed by atoms with E-state index in [-0.39, 0.29) is 0 Å². The molecule has 0 bridgehead atoms. The molecule has 2 saturated heterocycles. The van der Waals surface area contributed by atoms with Gasteiger partial charge in [0.05, 0.1) is 0 Å². The van der Waals surface area contributed by atoms with E-state index in [1.54, 1.807) is 0 Å². The van der Waals surface area contributed by atoms with E-state index in [1.807, 2.05) is 12.1 Å². The molecule has 2 N–H and O–H groups in total. The molecule has 1 aromatic rings. The number of hydrogen-bond donors (Lipinski definition) is 2. The molecule has 0 saturated carbocycles. The maximum atomic E-state index is 10.3. The third kappa shape index (κ3) is 7.87. The molecule has 0 radical (unpaired) electrons. The monoisotopic (exact) mass is 404 g/mol. The Morgan fingerprint density at radius 1 is 1.03 bits per heavy atom. The number of piperidine rings is 1. The SMILES string of the molecule is CCCN1CCC(NCc2ccc(OCC(O)CN3CCN(C)CC3)cc2)CC1. The lowest BCUT2D eigenvalue weighted by Gasteiger charge is -2.33. The quantitative estimate of drug-likeness (QED) is 0.618. The predicted molar refractivity (Wildman–Crippen MR) is 118 cm³/mol. The number of β-amino-alcohol motifs (C(OH)–C–C–N with tert-alkyl or cyclic N) is 1. The topological polar surface area (TPSA) is 51.2 Å². The van der Waals surface area contributed by atoms with E-state index in [0.29, 0.717) is 19.2 Å². The molecule has 0 spiro atoms. The molecule has 2 fully saturated rings. The number of ether oxygens (including phenoxy) is 1. The van der Waals surface area contributed by atoms with E-state index in [2.05, 4.69) is 46.1 Å². The second-order valence-corrected chi connectivity index (χ2v) is 8.71. The van der Waals surface area contributed by atoms with Crippen LogP contribution in [0.4, 0.5) is 0 Å². The van der Waals surface area contributed by atoms with E-state index in [0.717, 1.165) is 38.5 Å². The summed E-state index contributed by atoms with van der Waals surface area (Å²) >= 11 is 0. The number of aliphatic hydroxyl groups is 1. The number of hydrogen-bond acceptors (Lipinski definition) is 6. The first kappa shape index (κ1) is 22.5. The fourth-order valence-electron chi connectivity index (χ4n) is 4.22. The van der Waals surface area contributed by atoms with Gasteiger partial charge >= 0.3 is 0 Å². The van der Waals surface area contributed by atoms with Crippen molar-refractivity contribution in [2.75, 3.05) is 66.0 Å². The number of nitrogens with one attached hydrogen (secondary N) is 1. The lowest BCUT2D eigenvalue weighted by Crippen LogP contribution is -2.47. The van der Waals surface area contributed by atoms with E-state index < -0.39 is 6.10 Å². The van der Waals surface area contributed by atoms with Crippen LogP contribution in [-0.4, -0.2) is 98.0 Å². The molecule has 3 rings (SSSR count). The number of rotatable bonds is 10. The van der Waals surface area contributed by atoms with Crippen molar-refractivity contribution in [2.24, 2.45) is 0 Å². The summed E-state index contributed by atoms with van der Waals surface area (Å²) in [6, 6.07) is 8.92. The Morgan fingerprint density at radius 2 is 1.72 bits per heavy atom. The summed E-state index contributed by atoms with van der Waals surface area (Å²) < 4.78 is 5.80. The van der Waals surface area contributed by atoms with Gasteiger partial charge in [-0.15, -0.1) is 0 Å². The first-order valence-corrected chi connectivity index (χ1v) is 11.4. The highest BCUT2D eigenvalue weighted by Crippen LogP contribution is 2.15. The van der Waals surface area contributed by atoms with Gasteiger partial charge in [-0.05, 0) is 63.6 Å². The van der Waals surface area contributed by atoms with E-state index in [1.165, 1.54) is 44.5 Å². The Balaban J connectivity index is 1.31. The number of nitrogens with zero attached hydrogens (tertiary/aromatic N) is 3. The van der Waals surface area contributed by atoms with Crippen LogP contribution < -0.4 is 10.1 Å². The molecule has 2 aliphatic rings. The van der Waals surface area contributed by atoms with Crippen molar-refractivity contribution in [1.82, 2.24) is 20.0 Å². The summed E-state index contributed by atoms with van der Waals surface area (Å²) in [5, 5.41) is 14.0. The Kier molecular flexibility index (Phi) is 9.21. The van der Waals surface area contributed by atoms with Crippen molar-refractivity contribution in [2.45, 2.75) is 44.9 Å². The normalized spacial score (nSPS) is 21.3. The highest BCUT2D eigenvalue weighted by Gasteiger charge is 2.18. The summed E-state index contributed by atoms with van der Waals surface area (Å²) in [6.07, 6.45) is 3.29. The van der Waals surface area contributed by atoms with Crippen molar-refractivity contribution in [3.63, 3.8) is 0 Å². The second-order valence-electron chi connectivity index (χ2n) is 8.71. The molecule has 2 aliphatic heterocycles. The van der Waals surface area contributed by atoms with Gasteiger partial charge in [-0.2, -0.15) is 0 Å². The highest BCUT2D eigenvalue weighted by molar-refractivity contribution is 5.27. The summed E-state index contributed by atoms with van der Waals surface area (Å²) in [6.45, 7) is 12.0. The van der Waals surface area contributed by atoms with Gasteiger partial charge in [0, 0.05) is 45.3 Å². The summed E-state index contributed by atoms with van der Waals surface area (Å²) in [4.78, 5) is 7.21. The van der Waals surface area contributed by atoms with Gasteiger partial charge in [0.15, 0.2) is 0 Å². The van der Waals surface area contributed by atoms with Gasteiger partial charge in [-0.1, -0.05) is 19.1 Å². The average molecular weight is 405 g/mol. The van der Waals surface area contributed by atoms with Crippen molar-refractivity contribution >= 4 is 0 Å². The fourth-order valence-corrected chi connectivity index (χ4v) is 4.22. The van der Waals surface area contributed by atoms with Crippen LogP contribution in [0.2, 0.25) is 0 Å². The number of likely N-dealkylation sites (N-methyl/N-ethyl adjacent to an activating group) is 1.